The fourth-order valence-corrected chi connectivity index (χ4v) is 5.76. The molecule has 7 nitrogen and oxygen atoms in total. The predicted octanol–water partition coefficient (Wildman–Crippen LogP) is 2.77. The Labute approximate surface area is 179 Å². The Balaban J connectivity index is 1.38. The minimum absolute atomic E-state index is 0.0904. The first-order valence-corrected chi connectivity index (χ1v) is 11.2. The lowest BCUT2D eigenvalue weighted by Gasteiger charge is -2.37. The Bertz CT molecular complexity index is 1090. The molecule has 0 unspecified atom stereocenters. The van der Waals surface area contributed by atoms with E-state index in [2.05, 4.69) is 51.0 Å². The number of carboxylic acids is 1. The number of aromatic nitrogens is 2. The van der Waals surface area contributed by atoms with Crippen LogP contribution in [0, 0.1) is 6.92 Å². The van der Waals surface area contributed by atoms with E-state index >= 15 is 0 Å². The maximum atomic E-state index is 11.1. The second-order valence-electron chi connectivity index (χ2n) is 8.05. The van der Waals surface area contributed by atoms with E-state index in [1.807, 2.05) is 4.90 Å². The molecule has 2 aliphatic heterocycles. The molecule has 30 heavy (non-hydrogen) atoms. The van der Waals surface area contributed by atoms with Crippen molar-refractivity contribution in [3.8, 4) is 0 Å². The summed E-state index contributed by atoms with van der Waals surface area (Å²) in [6.07, 6.45) is 2.52. The molecule has 0 spiro atoms. The van der Waals surface area contributed by atoms with Crippen molar-refractivity contribution in [1.29, 1.82) is 0 Å². The second-order valence-corrected chi connectivity index (χ2v) is 9.13. The third kappa shape index (κ3) is 3.61. The first-order valence-electron chi connectivity index (χ1n) is 10.3. The number of piperazine rings is 1. The SMILES string of the molecule is Cc1cccc(N2CCN(c3ncnc4sc5c(c34)CCN(CC(=O)O)C5)CC2)c1. The van der Waals surface area contributed by atoms with E-state index in [1.165, 1.54) is 27.1 Å². The van der Waals surface area contributed by atoms with Crippen LogP contribution in [0.5, 0.6) is 0 Å². The van der Waals surface area contributed by atoms with Crippen LogP contribution in [0.3, 0.4) is 0 Å². The van der Waals surface area contributed by atoms with Crippen LogP contribution < -0.4 is 9.80 Å². The van der Waals surface area contributed by atoms with E-state index < -0.39 is 5.97 Å². The molecule has 0 aliphatic carbocycles. The number of benzene rings is 1. The molecule has 1 fully saturated rings. The molecule has 1 aromatic carbocycles. The maximum Gasteiger partial charge on any atom is 0.317 e. The van der Waals surface area contributed by atoms with Gasteiger partial charge in [0.05, 0.1) is 11.9 Å². The van der Waals surface area contributed by atoms with Crippen LogP contribution in [0.1, 0.15) is 16.0 Å². The van der Waals surface area contributed by atoms with Gasteiger partial charge < -0.3 is 14.9 Å². The highest BCUT2D eigenvalue weighted by molar-refractivity contribution is 7.19. The van der Waals surface area contributed by atoms with Crippen LogP contribution in [-0.2, 0) is 17.8 Å². The van der Waals surface area contributed by atoms with E-state index in [9.17, 15) is 4.79 Å². The summed E-state index contributed by atoms with van der Waals surface area (Å²) in [7, 11) is 0. The van der Waals surface area contributed by atoms with E-state index in [0.29, 0.717) is 6.54 Å². The van der Waals surface area contributed by atoms with Gasteiger partial charge in [-0.05, 0) is 36.6 Å². The molecule has 2 aromatic heterocycles. The Morgan fingerprint density at radius 1 is 1.13 bits per heavy atom. The Morgan fingerprint density at radius 3 is 2.70 bits per heavy atom. The van der Waals surface area contributed by atoms with E-state index in [1.54, 1.807) is 17.7 Å². The number of nitrogens with zero attached hydrogens (tertiary/aromatic N) is 5. The van der Waals surface area contributed by atoms with Crippen LogP contribution in [0.25, 0.3) is 10.2 Å². The number of aryl methyl sites for hydroxylation is 1. The zero-order chi connectivity index (χ0) is 20.7. The molecular weight excluding hydrogens is 398 g/mol. The van der Waals surface area contributed by atoms with Crippen molar-refractivity contribution in [1.82, 2.24) is 14.9 Å². The zero-order valence-electron chi connectivity index (χ0n) is 17.0. The molecule has 3 aromatic rings. The summed E-state index contributed by atoms with van der Waals surface area (Å²) < 4.78 is 0. The summed E-state index contributed by atoms with van der Waals surface area (Å²) in [5, 5.41) is 10.3. The van der Waals surface area contributed by atoms with Crippen LogP contribution in [-0.4, -0.2) is 65.2 Å². The Morgan fingerprint density at radius 2 is 1.93 bits per heavy atom. The highest BCUT2D eigenvalue weighted by Crippen LogP contribution is 2.38. The number of anilines is 2. The largest absolute Gasteiger partial charge is 0.480 e. The van der Waals surface area contributed by atoms with E-state index in [4.69, 9.17) is 5.11 Å². The molecule has 5 rings (SSSR count). The van der Waals surface area contributed by atoms with Crippen molar-refractivity contribution < 1.29 is 9.90 Å². The van der Waals surface area contributed by atoms with E-state index in [0.717, 1.165) is 49.8 Å². The van der Waals surface area contributed by atoms with Gasteiger partial charge in [0, 0.05) is 49.8 Å². The topological polar surface area (TPSA) is 72.8 Å². The third-order valence-corrected chi connectivity index (χ3v) is 7.13. The minimum Gasteiger partial charge on any atom is -0.480 e. The van der Waals surface area contributed by atoms with Crippen LogP contribution >= 0.6 is 11.3 Å². The summed E-state index contributed by atoms with van der Waals surface area (Å²) in [5.41, 5.74) is 3.89. The van der Waals surface area contributed by atoms with Crippen molar-refractivity contribution >= 4 is 39.0 Å². The Kier molecular flexibility index (Phi) is 5.04. The monoisotopic (exact) mass is 423 g/mol. The summed E-state index contributed by atoms with van der Waals surface area (Å²) >= 11 is 1.68. The van der Waals surface area contributed by atoms with Gasteiger partial charge in [-0.25, -0.2) is 9.97 Å². The molecule has 0 radical (unpaired) electrons. The highest BCUT2D eigenvalue weighted by atomic mass is 32.1. The third-order valence-electron chi connectivity index (χ3n) is 6.00. The number of carboxylic acid groups (broad SMARTS) is 1. The molecule has 4 heterocycles. The average Bonchev–Trinajstić information content (AvgIpc) is 3.11. The fourth-order valence-electron chi connectivity index (χ4n) is 4.53. The van der Waals surface area contributed by atoms with Gasteiger partial charge in [0.15, 0.2) is 0 Å². The van der Waals surface area contributed by atoms with Gasteiger partial charge in [0.1, 0.15) is 17.0 Å². The lowest BCUT2D eigenvalue weighted by molar-refractivity contribution is -0.138. The summed E-state index contributed by atoms with van der Waals surface area (Å²) in [6.45, 7) is 7.46. The summed E-state index contributed by atoms with van der Waals surface area (Å²) in [4.78, 5) is 29.4. The van der Waals surface area contributed by atoms with Gasteiger partial charge in [-0.1, -0.05) is 12.1 Å². The predicted molar refractivity (Wildman–Crippen MR) is 120 cm³/mol. The number of aliphatic carboxylic acids is 1. The first kappa shape index (κ1) is 19.3. The smallest absolute Gasteiger partial charge is 0.317 e. The molecule has 8 heteroatoms. The highest BCUT2D eigenvalue weighted by Gasteiger charge is 2.27. The van der Waals surface area contributed by atoms with E-state index in [-0.39, 0.29) is 6.54 Å². The van der Waals surface area contributed by atoms with Crippen LogP contribution in [0.2, 0.25) is 0 Å². The first-order chi connectivity index (χ1) is 14.6. The molecule has 156 valence electrons. The van der Waals surface area contributed by atoms with Gasteiger partial charge >= 0.3 is 5.97 Å². The van der Waals surface area contributed by atoms with Gasteiger partial charge in [-0.2, -0.15) is 0 Å². The summed E-state index contributed by atoms with van der Waals surface area (Å²) in [6, 6.07) is 8.69. The lowest BCUT2D eigenvalue weighted by Crippen LogP contribution is -2.47. The second kappa shape index (κ2) is 7.85. The maximum absolute atomic E-state index is 11.1. The standard InChI is InChI=1S/C22H25N5O2S/c1-15-3-2-4-16(11-15)26-7-9-27(10-8-26)21-20-17-5-6-25(13-19(28)29)12-18(17)30-22(20)24-14-23-21/h2-4,11,14H,5-10,12-13H2,1H3,(H,28,29). The van der Waals surface area contributed by atoms with Gasteiger partial charge in [-0.15, -0.1) is 11.3 Å². The number of thiophene rings is 1. The van der Waals surface area contributed by atoms with Gasteiger partial charge in [0.25, 0.3) is 0 Å². The molecule has 2 aliphatic rings. The molecular formula is C22H25N5O2S. The van der Waals surface area contributed by atoms with Crippen LogP contribution in [0.15, 0.2) is 30.6 Å². The van der Waals surface area contributed by atoms with Gasteiger partial charge in [0.2, 0.25) is 0 Å². The van der Waals surface area contributed by atoms with Crippen molar-refractivity contribution in [3.63, 3.8) is 0 Å². The number of rotatable bonds is 4. The normalized spacial score (nSPS) is 17.4. The lowest BCUT2D eigenvalue weighted by atomic mass is 10.0. The Hall–Kier alpha value is -2.71. The summed E-state index contributed by atoms with van der Waals surface area (Å²) in [5.74, 6) is 0.264. The molecule has 1 N–H and O–H groups in total. The average molecular weight is 424 g/mol. The van der Waals surface area contributed by atoms with Crippen molar-refractivity contribution in [2.24, 2.45) is 0 Å². The van der Waals surface area contributed by atoms with Crippen LogP contribution in [0.4, 0.5) is 11.5 Å². The molecule has 0 amide bonds. The number of carbonyl (C=O) groups is 1. The van der Waals surface area contributed by atoms with Crippen molar-refractivity contribution in [3.05, 3.63) is 46.6 Å². The van der Waals surface area contributed by atoms with Crippen molar-refractivity contribution in [2.75, 3.05) is 49.1 Å². The fraction of sp³-hybridized carbons (Fsp3) is 0.409. The molecule has 0 atom stereocenters. The number of fused-ring (bicyclic) bond motifs is 3. The minimum atomic E-state index is -0.772. The zero-order valence-corrected chi connectivity index (χ0v) is 17.9. The molecule has 1 saturated heterocycles. The number of hydrogen-bond donors (Lipinski definition) is 1. The quantitative estimate of drug-likeness (QED) is 0.692. The van der Waals surface area contributed by atoms with Crippen molar-refractivity contribution in [2.45, 2.75) is 19.9 Å². The molecule has 0 saturated carbocycles. The van der Waals surface area contributed by atoms with Gasteiger partial charge in [-0.3, -0.25) is 9.69 Å². The number of hydrogen-bond acceptors (Lipinski definition) is 7. The molecule has 0 bridgehead atoms.